The zero-order chi connectivity index (χ0) is 10.3. The van der Waals surface area contributed by atoms with Crippen LogP contribution >= 0.6 is 0 Å². The van der Waals surface area contributed by atoms with E-state index in [9.17, 15) is 8.42 Å². The molecule has 0 amide bonds. The quantitative estimate of drug-likeness (QED) is 0.446. The van der Waals surface area contributed by atoms with Crippen LogP contribution in [0.4, 0.5) is 0 Å². The first kappa shape index (κ1) is 12.4. The highest BCUT2D eigenvalue weighted by Crippen LogP contribution is 1.99. The summed E-state index contributed by atoms with van der Waals surface area (Å²) in [7, 11) is -0.350. The molecule has 0 aliphatic carbocycles. The van der Waals surface area contributed by atoms with Crippen LogP contribution in [-0.2, 0) is 14.8 Å². The highest BCUT2D eigenvalue weighted by molar-refractivity contribution is 7.89. The lowest BCUT2D eigenvalue weighted by Gasteiger charge is -2.12. The number of methoxy groups -OCH3 is 1. The summed E-state index contributed by atoms with van der Waals surface area (Å²) in [4.78, 5) is 0. The van der Waals surface area contributed by atoms with Gasteiger partial charge in [-0.1, -0.05) is 0 Å². The van der Waals surface area contributed by atoms with E-state index in [-0.39, 0.29) is 12.3 Å². The Morgan fingerprint density at radius 2 is 2.15 bits per heavy atom. The van der Waals surface area contributed by atoms with Gasteiger partial charge in [0.1, 0.15) is 6.54 Å². The van der Waals surface area contributed by atoms with Crippen LogP contribution < -0.4 is 0 Å². The lowest BCUT2D eigenvalue weighted by Crippen LogP contribution is -2.29. The van der Waals surface area contributed by atoms with Gasteiger partial charge in [0.05, 0.1) is 11.8 Å². The van der Waals surface area contributed by atoms with Gasteiger partial charge in [0.2, 0.25) is 10.0 Å². The third kappa shape index (κ3) is 4.83. The average Bonchev–Trinajstić information content (AvgIpc) is 2.05. The second kappa shape index (κ2) is 5.91. The van der Waals surface area contributed by atoms with Gasteiger partial charge in [-0.15, -0.1) is 0 Å². The van der Waals surface area contributed by atoms with Crippen LogP contribution in [0.2, 0.25) is 0 Å². The number of ether oxygens (including phenoxy) is 1. The molecule has 6 heteroatoms. The third-order valence-corrected chi connectivity index (χ3v) is 3.40. The van der Waals surface area contributed by atoms with Gasteiger partial charge in [0.25, 0.3) is 0 Å². The molecule has 0 aliphatic heterocycles. The van der Waals surface area contributed by atoms with E-state index in [0.717, 1.165) is 4.31 Å². The van der Waals surface area contributed by atoms with Crippen molar-refractivity contribution < 1.29 is 13.2 Å². The van der Waals surface area contributed by atoms with Gasteiger partial charge in [0, 0.05) is 20.8 Å². The minimum Gasteiger partial charge on any atom is -0.385 e. The van der Waals surface area contributed by atoms with Crippen LogP contribution in [0.1, 0.15) is 6.42 Å². The summed E-state index contributed by atoms with van der Waals surface area (Å²) in [5, 5.41) is 8.29. The zero-order valence-electron chi connectivity index (χ0n) is 7.86. The maximum atomic E-state index is 11.3. The molecule has 0 aromatic heterocycles. The smallest absolute Gasteiger partial charge is 0.214 e. The standard InChI is InChI=1S/C7H14N2O3S/c1-9(5-4-8)13(10,11)7-3-6-12-2/h3,5-7H2,1-2H3. The van der Waals surface area contributed by atoms with E-state index < -0.39 is 10.0 Å². The van der Waals surface area contributed by atoms with Crippen molar-refractivity contribution in [1.82, 2.24) is 4.31 Å². The first-order valence-electron chi connectivity index (χ1n) is 3.84. The SMILES string of the molecule is COCCCS(=O)(=O)N(C)CC#N. The van der Waals surface area contributed by atoms with Crippen molar-refractivity contribution in [2.75, 3.05) is 33.1 Å². The van der Waals surface area contributed by atoms with Crippen LogP contribution in [0.15, 0.2) is 0 Å². The van der Waals surface area contributed by atoms with Crippen molar-refractivity contribution in [1.29, 1.82) is 5.26 Å². The molecule has 0 rings (SSSR count). The fourth-order valence-corrected chi connectivity index (χ4v) is 1.79. The number of hydrogen-bond acceptors (Lipinski definition) is 4. The Balaban J connectivity index is 4.01. The monoisotopic (exact) mass is 206 g/mol. The van der Waals surface area contributed by atoms with Gasteiger partial charge in [-0.05, 0) is 6.42 Å². The fourth-order valence-electron chi connectivity index (χ4n) is 0.739. The highest BCUT2D eigenvalue weighted by Gasteiger charge is 2.16. The van der Waals surface area contributed by atoms with E-state index in [0.29, 0.717) is 13.0 Å². The number of nitrogens with zero attached hydrogens (tertiary/aromatic N) is 2. The number of rotatable bonds is 6. The van der Waals surface area contributed by atoms with Crippen molar-refractivity contribution in [2.24, 2.45) is 0 Å². The predicted molar refractivity (Wildman–Crippen MR) is 48.5 cm³/mol. The Bertz CT molecular complexity index is 268. The molecule has 0 unspecified atom stereocenters. The summed E-state index contributed by atoms with van der Waals surface area (Å²) >= 11 is 0. The van der Waals surface area contributed by atoms with E-state index in [1.165, 1.54) is 14.2 Å². The molecule has 0 aliphatic rings. The molecule has 0 aromatic rings. The number of sulfonamides is 1. The topological polar surface area (TPSA) is 70.4 Å². The normalized spacial score (nSPS) is 11.5. The second-order valence-electron chi connectivity index (χ2n) is 2.58. The lowest BCUT2D eigenvalue weighted by atomic mass is 10.5. The van der Waals surface area contributed by atoms with E-state index in [1.54, 1.807) is 6.07 Å². The van der Waals surface area contributed by atoms with Crippen molar-refractivity contribution in [3.05, 3.63) is 0 Å². The maximum absolute atomic E-state index is 11.3. The molecule has 0 bridgehead atoms. The largest absolute Gasteiger partial charge is 0.385 e. The van der Waals surface area contributed by atoms with Crippen molar-refractivity contribution >= 4 is 10.0 Å². The first-order valence-corrected chi connectivity index (χ1v) is 5.45. The minimum atomic E-state index is -3.26. The third-order valence-electron chi connectivity index (χ3n) is 1.52. The number of nitriles is 1. The molecule has 5 nitrogen and oxygen atoms in total. The molecule has 0 atom stereocenters. The van der Waals surface area contributed by atoms with Crippen LogP contribution in [0.25, 0.3) is 0 Å². The van der Waals surface area contributed by atoms with Crippen LogP contribution in [0.3, 0.4) is 0 Å². The van der Waals surface area contributed by atoms with Gasteiger partial charge >= 0.3 is 0 Å². The van der Waals surface area contributed by atoms with Crippen LogP contribution in [0, 0.1) is 11.3 Å². The van der Waals surface area contributed by atoms with Gasteiger partial charge in [-0.2, -0.15) is 9.57 Å². The fraction of sp³-hybridized carbons (Fsp3) is 0.857. The Morgan fingerprint density at radius 3 is 2.62 bits per heavy atom. The molecule has 0 radical (unpaired) electrons. The summed E-state index contributed by atoms with van der Waals surface area (Å²) in [5.41, 5.74) is 0. The molecule has 0 N–H and O–H groups in total. The van der Waals surface area contributed by atoms with Gasteiger partial charge < -0.3 is 4.74 Å². The second-order valence-corrected chi connectivity index (χ2v) is 4.77. The Hall–Kier alpha value is -0.640. The van der Waals surface area contributed by atoms with Crippen LogP contribution in [-0.4, -0.2) is 45.8 Å². The highest BCUT2D eigenvalue weighted by atomic mass is 32.2. The Labute approximate surface area is 79.0 Å². The van der Waals surface area contributed by atoms with E-state index in [1.807, 2.05) is 0 Å². The summed E-state index contributed by atoms with van der Waals surface area (Å²) in [6.45, 7) is 0.314. The summed E-state index contributed by atoms with van der Waals surface area (Å²) in [5.74, 6) is 0.0268. The Kier molecular flexibility index (Phi) is 5.62. The summed E-state index contributed by atoms with van der Waals surface area (Å²) < 4.78 is 28.4. The average molecular weight is 206 g/mol. The van der Waals surface area contributed by atoms with Crippen molar-refractivity contribution in [3.8, 4) is 6.07 Å². The molecule has 0 spiro atoms. The summed E-state index contributed by atoms with van der Waals surface area (Å²) in [6, 6.07) is 1.78. The molecule has 76 valence electrons. The van der Waals surface area contributed by atoms with Gasteiger partial charge in [-0.25, -0.2) is 8.42 Å². The van der Waals surface area contributed by atoms with Gasteiger partial charge in [0.15, 0.2) is 0 Å². The molecule has 0 heterocycles. The van der Waals surface area contributed by atoms with Crippen molar-refractivity contribution in [2.45, 2.75) is 6.42 Å². The van der Waals surface area contributed by atoms with Crippen LogP contribution in [0.5, 0.6) is 0 Å². The molecule has 0 fully saturated rings. The van der Waals surface area contributed by atoms with E-state index in [2.05, 4.69) is 0 Å². The molecular weight excluding hydrogens is 192 g/mol. The van der Waals surface area contributed by atoms with Crippen molar-refractivity contribution in [3.63, 3.8) is 0 Å². The van der Waals surface area contributed by atoms with E-state index >= 15 is 0 Å². The predicted octanol–water partition coefficient (Wildman–Crippen LogP) is -0.192. The Morgan fingerprint density at radius 1 is 1.54 bits per heavy atom. The first-order chi connectivity index (χ1) is 6.04. The van der Waals surface area contributed by atoms with E-state index in [4.69, 9.17) is 10.00 Å². The molecule has 13 heavy (non-hydrogen) atoms. The summed E-state index contributed by atoms with van der Waals surface area (Å²) in [6.07, 6.45) is 0.453. The molecule has 0 aromatic carbocycles. The maximum Gasteiger partial charge on any atom is 0.214 e. The number of hydrogen-bond donors (Lipinski definition) is 0. The van der Waals surface area contributed by atoms with Gasteiger partial charge in [-0.3, -0.25) is 0 Å². The zero-order valence-corrected chi connectivity index (χ0v) is 8.67. The minimum absolute atomic E-state index is 0.0268. The molecule has 0 saturated heterocycles. The molecule has 0 saturated carbocycles. The molecular formula is C7H14N2O3S. The lowest BCUT2D eigenvalue weighted by molar-refractivity contribution is 0.199.